The summed E-state index contributed by atoms with van der Waals surface area (Å²) >= 11 is 0. The van der Waals surface area contributed by atoms with Crippen LogP contribution >= 0.6 is 0 Å². The second-order valence-electron chi connectivity index (χ2n) is 6.67. The number of carbonyl (C=O) groups excluding carboxylic acids is 1. The van der Waals surface area contributed by atoms with Crippen LogP contribution in [0.25, 0.3) is 0 Å². The summed E-state index contributed by atoms with van der Waals surface area (Å²) in [5.41, 5.74) is 1.76. The Morgan fingerprint density at radius 1 is 1.18 bits per heavy atom. The minimum atomic E-state index is -3.65. The van der Waals surface area contributed by atoms with E-state index >= 15 is 0 Å². The molecular formula is C20H23FN2O4S. The molecule has 0 spiro atoms. The summed E-state index contributed by atoms with van der Waals surface area (Å²) in [7, 11) is -3.65. The number of sulfonamides is 1. The van der Waals surface area contributed by atoms with Gasteiger partial charge in [-0.25, -0.2) is 12.8 Å². The molecule has 0 bridgehead atoms. The quantitative estimate of drug-likeness (QED) is 0.800. The second kappa shape index (κ2) is 8.81. The third-order valence-electron chi connectivity index (χ3n) is 4.59. The van der Waals surface area contributed by atoms with Gasteiger partial charge in [0.1, 0.15) is 5.82 Å². The molecule has 28 heavy (non-hydrogen) atoms. The topological polar surface area (TPSA) is 75.7 Å². The van der Waals surface area contributed by atoms with Crippen molar-refractivity contribution in [1.29, 1.82) is 0 Å². The van der Waals surface area contributed by atoms with Gasteiger partial charge in [0.25, 0.3) is 0 Å². The Morgan fingerprint density at radius 3 is 2.64 bits per heavy atom. The SMILES string of the molecule is Cc1ccc(NC(=O)CCc2cccc(F)c2)cc1S(=O)(=O)N1CCOCC1. The van der Waals surface area contributed by atoms with E-state index in [1.807, 2.05) is 0 Å². The van der Waals surface area contributed by atoms with Gasteiger partial charge < -0.3 is 10.1 Å². The Labute approximate surface area is 164 Å². The van der Waals surface area contributed by atoms with Gasteiger partial charge in [0.05, 0.1) is 18.1 Å². The number of anilines is 1. The van der Waals surface area contributed by atoms with E-state index in [4.69, 9.17) is 4.74 Å². The molecule has 0 radical (unpaired) electrons. The van der Waals surface area contributed by atoms with Gasteiger partial charge in [-0.3, -0.25) is 4.79 Å². The molecule has 6 nitrogen and oxygen atoms in total. The number of hydrogen-bond donors (Lipinski definition) is 1. The van der Waals surface area contributed by atoms with Gasteiger partial charge in [-0.1, -0.05) is 18.2 Å². The molecule has 1 N–H and O–H groups in total. The van der Waals surface area contributed by atoms with Crippen LogP contribution in [0.2, 0.25) is 0 Å². The second-order valence-corrected chi connectivity index (χ2v) is 8.58. The van der Waals surface area contributed by atoms with Crippen molar-refractivity contribution >= 4 is 21.6 Å². The molecule has 150 valence electrons. The summed E-state index contributed by atoms with van der Waals surface area (Å²) in [5, 5.41) is 2.73. The fourth-order valence-corrected chi connectivity index (χ4v) is 4.71. The number of halogens is 1. The van der Waals surface area contributed by atoms with Gasteiger partial charge in [-0.2, -0.15) is 4.31 Å². The van der Waals surface area contributed by atoms with E-state index in [-0.39, 0.29) is 23.0 Å². The Kier molecular flexibility index (Phi) is 6.43. The number of hydrogen-bond acceptors (Lipinski definition) is 4. The number of benzene rings is 2. The Balaban J connectivity index is 1.69. The zero-order valence-electron chi connectivity index (χ0n) is 15.7. The van der Waals surface area contributed by atoms with Crippen molar-refractivity contribution in [3.63, 3.8) is 0 Å². The lowest BCUT2D eigenvalue weighted by Crippen LogP contribution is -2.40. The number of ether oxygens (including phenoxy) is 1. The summed E-state index contributed by atoms with van der Waals surface area (Å²) in [6, 6.07) is 10.9. The lowest BCUT2D eigenvalue weighted by molar-refractivity contribution is -0.116. The molecule has 0 aromatic heterocycles. The van der Waals surface area contributed by atoms with Crippen molar-refractivity contribution in [2.24, 2.45) is 0 Å². The Bertz CT molecular complexity index is 956. The standard InChI is InChI=1S/C20H23FN2O4S/c1-15-5-7-18(14-19(15)28(25,26)23-9-11-27-12-10-23)22-20(24)8-6-16-3-2-4-17(21)13-16/h2-5,7,13-14H,6,8-12H2,1H3,(H,22,24). The largest absolute Gasteiger partial charge is 0.379 e. The first-order chi connectivity index (χ1) is 13.4. The van der Waals surface area contributed by atoms with Crippen LogP contribution in [0, 0.1) is 12.7 Å². The van der Waals surface area contributed by atoms with Crippen LogP contribution in [0.5, 0.6) is 0 Å². The molecule has 0 saturated carbocycles. The van der Waals surface area contributed by atoms with E-state index in [0.29, 0.717) is 44.0 Å². The van der Waals surface area contributed by atoms with Crippen molar-refractivity contribution in [3.05, 3.63) is 59.4 Å². The summed E-state index contributed by atoms with van der Waals surface area (Å²) in [6.07, 6.45) is 0.567. The molecule has 2 aromatic rings. The molecule has 1 amide bonds. The predicted octanol–water partition coefficient (Wildman–Crippen LogP) is 2.73. The van der Waals surface area contributed by atoms with Crippen molar-refractivity contribution in [2.45, 2.75) is 24.7 Å². The molecule has 8 heteroatoms. The zero-order valence-corrected chi connectivity index (χ0v) is 16.5. The van der Waals surface area contributed by atoms with Crippen LogP contribution in [0.1, 0.15) is 17.5 Å². The first-order valence-electron chi connectivity index (χ1n) is 9.09. The number of nitrogens with zero attached hydrogens (tertiary/aromatic N) is 1. The molecule has 1 fully saturated rings. The zero-order chi connectivity index (χ0) is 20.1. The third-order valence-corrected chi connectivity index (χ3v) is 6.63. The molecule has 0 aliphatic carbocycles. The highest BCUT2D eigenvalue weighted by molar-refractivity contribution is 7.89. The molecule has 2 aromatic carbocycles. The smallest absolute Gasteiger partial charge is 0.243 e. The monoisotopic (exact) mass is 406 g/mol. The minimum absolute atomic E-state index is 0.170. The van der Waals surface area contributed by atoms with Crippen LogP contribution in [0.15, 0.2) is 47.4 Å². The van der Waals surface area contributed by atoms with Gasteiger partial charge in [-0.05, 0) is 48.7 Å². The summed E-state index contributed by atoms with van der Waals surface area (Å²) in [5.74, 6) is -0.600. The Hall–Kier alpha value is -2.29. The summed E-state index contributed by atoms with van der Waals surface area (Å²) < 4.78 is 45.7. The van der Waals surface area contributed by atoms with Crippen LogP contribution in [-0.2, 0) is 26.0 Å². The van der Waals surface area contributed by atoms with Crippen LogP contribution in [0.3, 0.4) is 0 Å². The van der Waals surface area contributed by atoms with E-state index in [9.17, 15) is 17.6 Å². The van der Waals surface area contributed by atoms with Crippen molar-refractivity contribution < 1.29 is 22.3 Å². The van der Waals surface area contributed by atoms with Gasteiger partial charge in [0.2, 0.25) is 15.9 Å². The van der Waals surface area contributed by atoms with E-state index in [1.54, 1.807) is 31.2 Å². The fourth-order valence-electron chi connectivity index (χ4n) is 3.06. The van der Waals surface area contributed by atoms with Gasteiger partial charge >= 0.3 is 0 Å². The number of aryl methyl sites for hydroxylation is 2. The molecule has 1 heterocycles. The van der Waals surface area contributed by atoms with E-state index < -0.39 is 10.0 Å². The molecule has 1 aliphatic rings. The van der Waals surface area contributed by atoms with E-state index in [0.717, 1.165) is 5.56 Å². The summed E-state index contributed by atoms with van der Waals surface area (Å²) in [6.45, 7) is 3.09. The highest BCUT2D eigenvalue weighted by Gasteiger charge is 2.28. The van der Waals surface area contributed by atoms with Crippen LogP contribution in [-0.4, -0.2) is 44.9 Å². The maximum absolute atomic E-state index is 13.2. The maximum atomic E-state index is 13.2. The third kappa shape index (κ3) is 4.95. The van der Waals surface area contributed by atoms with Crippen molar-refractivity contribution in [3.8, 4) is 0 Å². The first-order valence-corrected chi connectivity index (χ1v) is 10.5. The number of nitrogens with one attached hydrogen (secondary N) is 1. The first kappa shape index (κ1) is 20.4. The molecule has 0 atom stereocenters. The van der Waals surface area contributed by atoms with E-state index in [1.165, 1.54) is 22.5 Å². The number of carbonyl (C=O) groups is 1. The van der Waals surface area contributed by atoms with Gasteiger partial charge in [-0.15, -0.1) is 0 Å². The fraction of sp³-hybridized carbons (Fsp3) is 0.350. The van der Waals surface area contributed by atoms with Gasteiger partial charge in [0.15, 0.2) is 0 Å². The average Bonchev–Trinajstić information content (AvgIpc) is 2.68. The molecular weight excluding hydrogens is 383 g/mol. The lowest BCUT2D eigenvalue weighted by atomic mass is 10.1. The highest BCUT2D eigenvalue weighted by Crippen LogP contribution is 2.24. The Morgan fingerprint density at radius 2 is 1.93 bits per heavy atom. The number of morpholine rings is 1. The molecule has 3 rings (SSSR count). The average molecular weight is 406 g/mol. The molecule has 1 saturated heterocycles. The number of rotatable bonds is 6. The van der Waals surface area contributed by atoms with E-state index in [2.05, 4.69) is 5.32 Å². The normalized spacial score (nSPS) is 15.4. The summed E-state index contributed by atoms with van der Waals surface area (Å²) in [4.78, 5) is 12.4. The van der Waals surface area contributed by atoms with Crippen molar-refractivity contribution in [2.75, 3.05) is 31.6 Å². The molecule has 0 unspecified atom stereocenters. The molecule has 1 aliphatic heterocycles. The van der Waals surface area contributed by atoms with Crippen LogP contribution in [0.4, 0.5) is 10.1 Å². The predicted molar refractivity (Wildman–Crippen MR) is 104 cm³/mol. The van der Waals surface area contributed by atoms with Gasteiger partial charge in [0, 0.05) is 25.2 Å². The van der Waals surface area contributed by atoms with Crippen LogP contribution < -0.4 is 5.32 Å². The highest BCUT2D eigenvalue weighted by atomic mass is 32.2. The number of amides is 1. The maximum Gasteiger partial charge on any atom is 0.243 e. The van der Waals surface area contributed by atoms with Crippen molar-refractivity contribution in [1.82, 2.24) is 4.31 Å². The minimum Gasteiger partial charge on any atom is -0.379 e. The lowest BCUT2D eigenvalue weighted by Gasteiger charge is -2.26.